The van der Waals surface area contributed by atoms with E-state index < -0.39 is 10.9 Å². The summed E-state index contributed by atoms with van der Waals surface area (Å²) >= 11 is 0. The molecular weight excluding hydrogens is 298 g/mol. The number of carbonyl (C=O) groups is 1. The van der Waals surface area contributed by atoms with E-state index in [-0.39, 0.29) is 17.9 Å². The number of carbonyl (C=O) groups excluding carboxylic acids is 1. The summed E-state index contributed by atoms with van der Waals surface area (Å²) in [5, 5.41) is 11.0. The van der Waals surface area contributed by atoms with Crippen molar-refractivity contribution in [1.82, 2.24) is 0 Å². The molecule has 2 aromatic rings. The molecule has 0 bridgehead atoms. The maximum atomic E-state index is 12.1. The molecule has 6 heteroatoms. The minimum absolute atomic E-state index is 0.0234. The number of aryl methyl sites for hydroxylation is 1. The first-order chi connectivity index (χ1) is 11.0. The predicted octanol–water partition coefficient (Wildman–Crippen LogP) is 3.31. The Bertz CT molecular complexity index is 709. The van der Waals surface area contributed by atoms with Gasteiger partial charge in [0.15, 0.2) is 0 Å². The highest BCUT2D eigenvalue weighted by molar-refractivity contribution is 5.94. The Morgan fingerprint density at radius 2 is 1.87 bits per heavy atom. The molecule has 23 heavy (non-hydrogen) atoms. The molecule has 6 nitrogen and oxygen atoms in total. The van der Waals surface area contributed by atoms with Crippen LogP contribution in [0.1, 0.15) is 21.5 Å². The molecule has 0 fully saturated rings. The van der Waals surface area contributed by atoms with Gasteiger partial charge in [-0.25, -0.2) is 4.79 Å². The molecule has 0 amide bonds. The van der Waals surface area contributed by atoms with E-state index in [9.17, 15) is 14.9 Å². The molecule has 2 rings (SSSR count). The minimum Gasteiger partial charge on any atom is -0.497 e. The summed E-state index contributed by atoms with van der Waals surface area (Å²) in [7, 11) is 1.59. The van der Waals surface area contributed by atoms with Crippen molar-refractivity contribution in [2.45, 2.75) is 13.3 Å². The number of hydrogen-bond acceptors (Lipinski definition) is 5. The summed E-state index contributed by atoms with van der Waals surface area (Å²) in [6, 6.07) is 11.8. The molecule has 0 N–H and O–H groups in total. The number of methoxy groups -OCH3 is 1. The summed E-state index contributed by atoms with van der Waals surface area (Å²) in [4.78, 5) is 22.5. The number of benzene rings is 2. The van der Waals surface area contributed by atoms with Crippen LogP contribution in [0.2, 0.25) is 0 Å². The smallest absolute Gasteiger partial charge is 0.345 e. The second kappa shape index (κ2) is 7.40. The quantitative estimate of drug-likeness (QED) is 0.464. The monoisotopic (exact) mass is 315 g/mol. The van der Waals surface area contributed by atoms with Crippen molar-refractivity contribution in [3.8, 4) is 5.75 Å². The van der Waals surface area contributed by atoms with Crippen molar-refractivity contribution in [2.75, 3.05) is 13.7 Å². The minimum atomic E-state index is -0.686. The summed E-state index contributed by atoms with van der Waals surface area (Å²) in [6.45, 7) is 1.91. The highest BCUT2D eigenvalue weighted by Crippen LogP contribution is 2.21. The molecule has 0 atom stereocenters. The Kier molecular flexibility index (Phi) is 5.30. The van der Waals surface area contributed by atoms with E-state index in [1.165, 1.54) is 12.1 Å². The summed E-state index contributed by atoms with van der Waals surface area (Å²) < 4.78 is 10.2. The van der Waals surface area contributed by atoms with Crippen LogP contribution in [0.25, 0.3) is 0 Å². The maximum absolute atomic E-state index is 12.1. The van der Waals surface area contributed by atoms with Gasteiger partial charge in [0.05, 0.1) is 18.6 Å². The van der Waals surface area contributed by atoms with Gasteiger partial charge in [-0.1, -0.05) is 18.2 Å². The van der Waals surface area contributed by atoms with E-state index in [0.29, 0.717) is 6.42 Å². The molecule has 0 aliphatic carbocycles. The fourth-order valence-corrected chi connectivity index (χ4v) is 2.10. The lowest BCUT2D eigenvalue weighted by atomic mass is 10.1. The van der Waals surface area contributed by atoms with Gasteiger partial charge in [0.25, 0.3) is 5.69 Å². The first kappa shape index (κ1) is 16.5. The molecule has 0 heterocycles. The Hall–Kier alpha value is -2.89. The number of rotatable bonds is 6. The van der Waals surface area contributed by atoms with Crippen LogP contribution in [-0.4, -0.2) is 24.6 Å². The van der Waals surface area contributed by atoms with Crippen LogP contribution in [-0.2, 0) is 11.2 Å². The van der Waals surface area contributed by atoms with Crippen molar-refractivity contribution in [1.29, 1.82) is 0 Å². The van der Waals surface area contributed by atoms with E-state index in [1.54, 1.807) is 20.1 Å². The van der Waals surface area contributed by atoms with Gasteiger partial charge in [0.1, 0.15) is 11.3 Å². The fraction of sp³-hybridized carbons (Fsp3) is 0.235. The number of nitro groups is 1. The van der Waals surface area contributed by atoms with Crippen LogP contribution >= 0.6 is 0 Å². The van der Waals surface area contributed by atoms with E-state index in [2.05, 4.69) is 0 Å². The number of esters is 1. The Labute approximate surface area is 133 Å². The average Bonchev–Trinajstić information content (AvgIpc) is 2.55. The standard InChI is InChI=1S/C17H17NO5/c1-12-3-8-16(18(20)21)15(11-12)17(19)23-10-9-13-4-6-14(22-2)7-5-13/h3-8,11H,9-10H2,1-2H3. The first-order valence-corrected chi connectivity index (χ1v) is 7.06. The van der Waals surface area contributed by atoms with Crippen molar-refractivity contribution in [2.24, 2.45) is 0 Å². The van der Waals surface area contributed by atoms with Gasteiger partial charge in [-0.3, -0.25) is 10.1 Å². The third-order valence-electron chi connectivity index (χ3n) is 3.35. The zero-order valence-electron chi connectivity index (χ0n) is 12.9. The number of ether oxygens (including phenoxy) is 2. The van der Waals surface area contributed by atoms with E-state index >= 15 is 0 Å². The molecule has 0 aliphatic heterocycles. The van der Waals surface area contributed by atoms with Crippen LogP contribution in [0.3, 0.4) is 0 Å². The largest absolute Gasteiger partial charge is 0.497 e. The Morgan fingerprint density at radius 1 is 1.17 bits per heavy atom. The van der Waals surface area contributed by atoms with Crippen molar-refractivity contribution in [3.63, 3.8) is 0 Å². The second-order valence-electron chi connectivity index (χ2n) is 5.01. The Morgan fingerprint density at radius 3 is 2.48 bits per heavy atom. The molecule has 0 aromatic heterocycles. The Balaban J connectivity index is 1.99. The molecular formula is C17H17NO5. The third-order valence-corrected chi connectivity index (χ3v) is 3.35. The highest BCUT2D eigenvalue weighted by atomic mass is 16.6. The van der Waals surface area contributed by atoms with Gasteiger partial charge in [0, 0.05) is 12.5 Å². The van der Waals surface area contributed by atoms with Crippen LogP contribution in [0.15, 0.2) is 42.5 Å². The van der Waals surface area contributed by atoms with Crippen molar-refractivity contribution in [3.05, 3.63) is 69.3 Å². The molecule has 0 unspecified atom stereocenters. The molecule has 0 radical (unpaired) electrons. The van der Waals surface area contributed by atoms with Gasteiger partial charge in [0.2, 0.25) is 0 Å². The maximum Gasteiger partial charge on any atom is 0.345 e. The van der Waals surface area contributed by atoms with Crippen molar-refractivity contribution >= 4 is 11.7 Å². The van der Waals surface area contributed by atoms with Crippen LogP contribution < -0.4 is 4.74 Å². The summed E-state index contributed by atoms with van der Waals surface area (Å²) in [6.07, 6.45) is 0.523. The molecule has 0 aliphatic rings. The normalized spacial score (nSPS) is 10.2. The van der Waals surface area contributed by atoms with Crippen LogP contribution in [0.5, 0.6) is 5.75 Å². The molecule has 2 aromatic carbocycles. The lowest BCUT2D eigenvalue weighted by Gasteiger charge is -2.07. The molecule has 0 saturated heterocycles. The van der Waals surface area contributed by atoms with Crippen LogP contribution in [0.4, 0.5) is 5.69 Å². The van der Waals surface area contributed by atoms with Crippen LogP contribution in [0, 0.1) is 17.0 Å². The number of hydrogen-bond donors (Lipinski definition) is 0. The first-order valence-electron chi connectivity index (χ1n) is 7.06. The van der Waals surface area contributed by atoms with Gasteiger partial charge in [-0.15, -0.1) is 0 Å². The summed E-state index contributed by atoms with van der Waals surface area (Å²) in [5.41, 5.74) is 1.48. The van der Waals surface area contributed by atoms with Gasteiger partial charge in [-0.05, 0) is 36.2 Å². The van der Waals surface area contributed by atoms with E-state index in [1.807, 2.05) is 24.3 Å². The molecule has 120 valence electrons. The number of nitro benzene ring substituents is 1. The lowest BCUT2D eigenvalue weighted by Crippen LogP contribution is -2.10. The fourth-order valence-electron chi connectivity index (χ4n) is 2.10. The van der Waals surface area contributed by atoms with Crippen molar-refractivity contribution < 1.29 is 19.2 Å². The lowest BCUT2D eigenvalue weighted by molar-refractivity contribution is -0.385. The predicted molar refractivity (Wildman–Crippen MR) is 84.8 cm³/mol. The SMILES string of the molecule is COc1ccc(CCOC(=O)c2cc(C)ccc2[N+](=O)[O-])cc1. The average molecular weight is 315 g/mol. The third kappa shape index (κ3) is 4.29. The van der Waals surface area contributed by atoms with Gasteiger partial charge >= 0.3 is 5.97 Å². The highest BCUT2D eigenvalue weighted by Gasteiger charge is 2.21. The summed E-state index contributed by atoms with van der Waals surface area (Å²) in [5.74, 6) is 0.0649. The zero-order valence-corrected chi connectivity index (χ0v) is 12.9. The number of nitrogens with zero attached hydrogens (tertiary/aromatic N) is 1. The second-order valence-corrected chi connectivity index (χ2v) is 5.01. The van der Waals surface area contributed by atoms with Gasteiger partial charge in [-0.2, -0.15) is 0 Å². The topological polar surface area (TPSA) is 78.7 Å². The molecule has 0 saturated carbocycles. The van der Waals surface area contributed by atoms with E-state index in [4.69, 9.17) is 9.47 Å². The zero-order chi connectivity index (χ0) is 16.8. The van der Waals surface area contributed by atoms with Gasteiger partial charge < -0.3 is 9.47 Å². The molecule has 0 spiro atoms. The van der Waals surface area contributed by atoms with E-state index in [0.717, 1.165) is 16.9 Å².